The van der Waals surface area contributed by atoms with Gasteiger partial charge in [0.2, 0.25) is 5.91 Å². The van der Waals surface area contributed by atoms with Crippen LogP contribution in [0.2, 0.25) is 0 Å². The molecule has 1 aliphatic rings. The van der Waals surface area contributed by atoms with Gasteiger partial charge < -0.3 is 0 Å². The van der Waals surface area contributed by atoms with Crippen LogP contribution in [-0.4, -0.2) is 23.3 Å². The maximum absolute atomic E-state index is 11.7. The molecule has 1 aromatic rings. The smallest absolute Gasteiger partial charge is 0.260 e. The first-order valence-corrected chi connectivity index (χ1v) is 4.61. The lowest BCUT2D eigenvalue weighted by atomic mass is 10.00. The lowest BCUT2D eigenvalue weighted by molar-refractivity contribution is -0.142. The van der Waals surface area contributed by atoms with Gasteiger partial charge in [-0.25, -0.2) is 0 Å². The Morgan fingerprint density at radius 3 is 2.50 bits per heavy atom. The molecule has 72 valence electrons. The van der Waals surface area contributed by atoms with E-state index in [1.165, 1.54) is 4.90 Å². The zero-order valence-electron chi connectivity index (χ0n) is 7.93. The highest BCUT2D eigenvalue weighted by Crippen LogP contribution is 2.19. The SMILES string of the molecule is CC1CN(C(=O)c2ccccc2)C1=O. The van der Waals surface area contributed by atoms with E-state index in [0.29, 0.717) is 12.1 Å². The Hall–Kier alpha value is -1.64. The summed E-state index contributed by atoms with van der Waals surface area (Å²) in [5.41, 5.74) is 0.577. The van der Waals surface area contributed by atoms with E-state index in [4.69, 9.17) is 0 Å². The lowest BCUT2D eigenvalue weighted by Gasteiger charge is -2.34. The van der Waals surface area contributed by atoms with Gasteiger partial charge in [-0.3, -0.25) is 14.5 Å². The average molecular weight is 189 g/mol. The molecule has 2 rings (SSSR count). The zero-order valence-corrected chi connectivity index (χ0v) is 7.93. The van der Waals surface area contributed by atoms with Crippen molar-refractivity contribution >= 4 is 11.8 Å². The Labute approximate surface area is 82.3 Å². The van der Waals surface area contributed by atoms with Crippen molar-refractivity contribution in [3.63, 3.8) is 0 Å². The molecule has 0 saturated carbocycles. The highest BCUT2D eigenvalue weighted by atomic mass is 16.2. The molecule has 1 fully saturated rings. The van der Waals surface area contributed by atoms with Gasteiger partial charge in [0.05, 0.1) is 5.92 Å². The molecule has 3 heteroatoms. The van der Waals surface area contributed by atoms with Crippen molar-refractivity contribution in [2.75, 3.05) is 6.54 Å². The molecule has 1 heterocycles. The second kappa shape index (κ2) is 3.25. The topological polar surface area (TPSA) is 37.4 Å². The Morgan fingerprint density at radius 1 is 1.36 bits per heavy atom. The van der Waals surface area contributed by atoms with E-state index in [2.05, 4.69) is 0 Å². The van der Waals surface area contributed by atoms with E-state index < -0.39 is 0 Å². The summed E-state index contributed by atoms with van der Waals surface area (Å²) < 4.78 is 0. The maximum Gasteiger partial charge on any atom is 0.260 e. The molecule has 1 saturated heterocycles. The molecular weight excluding hydrogens is 178 g/mol. The number of imide groups is 1. The van der Waals surface area contributed by atoms with Crippen LogP contribution >= 0.6 is 0 Å². The molecule has 1 atom stereocenters. The number of rotatable bonds is 1. The number of hydrogen-bond acceptors (Lipinski definition) is 2. The van der Waals surface area contributed by atoms with Crippen LogP contribution in [0.5, 0.6) is 0 Å². The number of likely N-dealkylation sites (tertiary alicyclic amines) is 1. The highest BCUT2D eigenvalue weighted by molar-refractivity contribution is 6.08. The van der Waals surface area contributed by atoms with Crippen LogP contribution in [0.15, 0.2) is 30.3 Å². The van der Waals surface area contributed by atoms with Gasteiger partial charge in [-0.1, -0.05) is 25.1 Å². The van der Waals surface area contributed by atoms with E-state index in [0.717, 1.165) is 0 Å². The quantitative estimate of drug-likeness (QED) is 0.493. The van der Waals surface area contributed by atoms with Crippen LogP contribution < -0.4 is 0 Å². The summed E-state index contributed by atoms with van der Waals surface area (Å²) in [4.78, 5) is 24.3. The summed E-state index contributed by atoms with van der Waals surface area (Å²) in [5.74, 6) is -0.254. The van der Waals surface area contributed by atoms with Gasteiger partial charge >= 0.3 is 0 Å². The first-order chi connectivity index (χ1) is 6.70. The van der Waals surface area contributed by atoms with Crippen molar-refractivity contribution in [3.05, 3.63) is 35.9 Å². The average Bonchev–Trinajstić information content (AvgIpc) is 2.25. The molecule has 0 N–H and O–H groups in total. The molecule has 1 unspecified atom stereocenters. The molecule has 0 bridgehead atoms. The first kappa shape index (κ1) is 8.94. The third-order valence-corrected chi connectivity index (χ3v) is 2.41. The first-order valence-electron chi connectivity index (χ1n) is 4.61. The fraction of sp³-hybridized carbons (Fsp3) is 0.273. The van der Waals surface area contributed by atoms with Crippen LogP contribution in [0.25, 0.3) is 0 Å². The molecule has 0 spiro atoms. The third kappa shape index (κ3) is 1.31. The van der Waals surface area contributed by atoms with Gasteiger partial charge in [0.25, 0.3) is 5.91 Å². The lowest BCUT2D eigenvalue weighted by Crippen LogP contribution is -2.53. The van der Waals surface area contributed by atoms with Gasteiger partial charge in [-0.05, 0) is 12.1 Å². The Kier molecular flexibility index (Phi) is 2.08. The van der Waals surface area contributed by atoms with E-state index in [-0.39, 0.29) is 17.7 Å². The molecular formula is C11H11NO2. The molecule has 2 amide bonds. The summed E-state index contributed by atoms with van der Waals surface area (Å²) in [6.45, 7) is 2.38. The van der Waals surface area contributed by atoms with Crippen molar-refractivity contribution in [2.45, 2.75) is 6.92 Å². The van der Waals surface area contributed by atoms with Gasteiger partial charge in [0, 0.05) is 12.1 Å². The van der Waals surface area contributed by atoms with Crippen LogP contribution in [-0.2, 0) is 4.79 Å². The van der Waals surface area contributed by atoms with Crippen molar-refractivity contribution in [1.29, 1.82) is 0 Å². The minimum Gasteiger partial charge on any atom is -0.277 e. The third-order valence-electron chi connectivity index (χ3n) is 2.41. The molecule has 0 radical (unpaired) electrons. The molecule has 14 heavy (non-hydrogen) atoms. The predicted molar refractivity (Wildman–Crippen MR) is 51.6 cm³/mol. The number of amides is 2. The number of β-lactam (4-membered cyclic amide) rings is 1. The van der Waals surface area contributed by atoms with Crippen molar-refractivity contribution in [2.24, 2.45) is 5.92 Å². The van der Waals surface area contributed by atoms with Crippen molar-refractivity contribution in [1.82, 2.24) is 4.90 Å². The minimum absolute atomic E-state index is 0.00247. The normalized spacial score (nSPS) is 20.5. The number of carbonyl (C=O) groups excluding carboxylic acids is 2. The minimum atomic E-state index is -0.186. The summed E-state index contributed by atoms with van der Waals surface area (Å²) in [6.07, 6.45) is 0. The fourth-order valence-electron chi connectivity index (χ4n) is 1.52. The van der Waals surface area contributed by atoms with Gasteiger partial charge in [0.1, 0.15) is 0 Å². The molecule has 0 aliphatic carbocycles. The maximum atomic E-state index is 11.7. The second-order valence-corrected chi connectivity index (χ2v) is 3.52. The van der Waals surface area contributed by atoms with Crippen molar-refractivity contribution in [3.8, 4) is 0 Å². The number of benzene rings is 1. The van der Waals surface area contributed by atoms with Gasteiger partial charge in [-0.15, -0.1) is 0 Å². The number of nitrogens with zero attached hydrogens (tertiary/aromatic N) is 1. The summed E-state index contributed by atoms with van der Waals surface area (Å²) >= 11 is 0. The van der Waals surface area contributed by atoms with Gasteiger partial charge in [0.15, 0.2) is 0 Å². The summed E-state index contributed by atoms with van der Waals surface area (Å²) in [7, 11) is 0. The van der Waals surface area contributed by atoms with E-state index in [1.807, 2.05) is 13.0 Å². The Morgan fingerprint density at radius 2 is 2.00 bits per heavy atom. The molecule has 0 aromatic heterocycles. The largest absolute Gasteiger partial charge is 0.277 e. The number of hydrogen-bond donors (Lipinski definition) is 0. The predicted octanol–water partition coefficient (Wildman–Crippen LogP) is 1.31. The van der Waals surface area contributed by atoms with Crippen LogP contribution in [0.3, 0.4) is 0 Å². The highest BCUT2D eigenvalue weighted by Gasteiger charge is 2.37. The zero-order chi connectivity index (χ0) is 10.1. The monoisotopic (exact) mass is 189 g/mol. The van der Waals surface area contributed by atoms with E-state index in [1.54, 1.807) is 24.3 Å². The molecule has 1 aromatic carbocycles. The molecule has 3 nitrogen and oxygen atoms in total. The second-order valence-electron chi connectivity index (χ2n) is 3.52. The van der Waals surface area contributed by atoms with E-state index in [9.17, 15) is 9.59 Å². The van der Waals surface area contributed by atoms with Crippen LogP contribution in [0, 0.1) is 5.92 Å². The standard InChI is InChI=1S/C11H11NO2/c1-8-7-12(10(8)13)11(14)9-5-3-2-4-6-9/h2-6,8H,7H2,1H3. The van der Waals surface area contributed by atoms with E-state index >= 15 is 0 Å². The van der Waals surface area contributed by atoms with Crippen LogP contribution in [0.4, 0.5) is 0 Å². The van der Waals surface area contributed by atoms with Crippen LogP contribution in [0.1, 0.15) is 17.3 Å². The fourth-order valence-corrected chi connectivity index (χ4v) is 1.52. The number of carbonyl (C=O) groups is 2. The Bertz CT molecular complexity index is 372. The summed E-state index contributed by atoms with van der Waals surface area (Å²) in [6, 6.07) is 8.87. The van der Waals surface area contributed by atoms with Gasteiger partial charge in [-0.2, -0.15) is 0 Å². The Balaban J connectivity index is 2.15. The van der Waals surface area contributed by atoms with Crippen molar-refractivity contribution < 1.29 is 9.59 Å². The molecule has 1 aliphatic heterocycles. The summed E-state index contributed by atoms with van der Waals surface area (Å²) in [5, 5.41) is 0.